The number of piperidine rings is 1. The van der Waals surface area contributed by atoms with Crippen LogP contribution in [0.5, 0.6) is 17.2 Å². The normalized spacial score (nSPS) is 14.9. The van der Waals surface area contributed by atoms with Gasteiger partial charge in [-0.1, -0.05) is 13.8 Å². The Kier molecular flexibility index (Phi) is 6.61. The second kappa shape index (κ2) is 9.15. The SMILES string of the molecule is COc1cc2c(NCC3CCN(C(=O)C(C)C)CC3)ncnc2c(OC)c1OC. The zero-order valence-electron chi connectivity index (χ0n) is 17.8. The number of hydrogen-bond acceptors (Lipinski definition) is 7. The predicted molar refractivity (Wildman–Crippen MR) is 112 cm³/mol. The Balaban J connectivity index is 1.75. The lowest BCUT2D eigenvalue weighted by molar-refractivity contribution is -0.135. The molecular formula is C21H30N4O4. The second-order valence-corrected chi connectivity index (χ2v) is 7.57. The van der Waals surface area contributed by atoms with Crippen LogP contribution in [0.3, 0.4) is 0 Å². The van der Waals surface area contributed by atoms with Crippen LogP contribution in [0.15, 0.2) is 12.4 Å². The summed E-state index contributed by atoms with van der Waals surface area (Å²) in [5.41, 5.74) is 0.667. The Labute approximate surface area is 171 Å². The van der Waals surface area contributed by atoms with Gasteiger partial charge in [0.15, 0.2) is 11.5 Å². The number of likely N-dealkylation sites (tertiary alicyclic amines) is 1. The largest absolute Gasteiger partial charge is 0.493 e. The molecule has 2 aromatic rings. The average molecular weight is 402 g/mol. The maximum absolute atomic E-state index is 12.2. The molecule has 1 N–H and O–H groups in total. The van der Waals surface area contributed by atoms with E-state index in [2.05, 4.69) is 15.3 Å². The second-order valence-electron chi connectivity index (χ2n) is 7.57. The van der Waals surface area contributed by atoms with E-state index in [4.69, 9.17) is 14.2 Å². The summed E-state index contributed by atoms with van der Waals surface area (Å²) < 4.78 is 16.4. The number of fused-ring (bicyclic) bond motifs is 1. The van der Waals surface area contributed by atoms with E-state index < -0.39 is 0 Å². The summed E-state index contributed by atoms with van der Waals surface area (Å²) >= 11 is 0. The minimum atomic E-state index is 0.0546. The number of nitrogens with one attached hydrogen (secondary N) is 1. The fourth-order valence-electron chi connectivity index (χ4n) is 3.77. The molecule has 0 atom stereocenters. The molecule has 0 unspecified atom stereocenters. The van der Waals surface area contributed by atoms with Gasteiger partial charge in [-0.3, -0.25) is 4.79 Å². The first-order chi connectivity index (χ1) is 14.0. The maximum atomic E-state index is 12.2. The topological polar surface area (TPSA) is 85.8 Å². The minimum Gasteiger partial charge on any atom is -0.493 e. The van der Waals surface area contributed by atoms with Gasteiger partial charge in [0.1, 0.15) is 17.7 Å². The number of anilines is 1. The van der Waals surface area contributed by atoms with Crippen molar-refractivity contribution in [2.75, 3.05) is 46.3 Å². The maximum Gasteiger partial charge on any atom is 0.225 e. The van der Waals surface area contributed by atoms with Crippen molar-refractivity contribution in [3.05, 3.63) is 12.4 Å². The van der Waals surface area contributed by atoms with Gasteiger partial charge in [-0.25, -0.2) is 9.97 Å². The predicted octanol–water partition coefficient (Wildman–Crippen LogP) is 2.96. The van der Waals surface area contributed by atoms with Crippen molar-refractivity contribution in [3.63, 3.8) is 0 Å². The van der Waals surface area contributed by atoms with E-state index in [1.54, 1.807) is 21.3 Å². The smallest absolute Gasteiger partial charge is 0.225 e. The molecule has 8 heteroatoms. The van der Waals surface area contributed by atoms with Gasteiger partial charge in [0.05, 0.1) is 26.7 Å². The van der Waals surface area contributed by atoms with Crippen LogP contribution in [0.2, 0.25) is 0 Å². The van der Waals surface area contributed by atoms with Gasteiger partial charge in [0.2, 0.25) is 11.7 Å². The minimum absolute atomic E-state index is 0.0546. The molecule has 1 aliphatic heterocycles. The summed E-state index contributed by atoms with van der Waals surface area (Å²) in [6.45, 7) is 6.31. The summed E-state index contributed by atoms with van der Waals surface area (Å²) in [6.07, 6.45) is 3.48. The quantitative estimate of drug-likeness (QED) is 0.762. The van der Waals surface area contributed by atoms with E-state index in [9.17, 15) is 4.79 Å². The Bertz CT molecular complexity index is 863. The summed E-state index contributed by atoms with van der Waals surface area (Å²) in [7, 11) is 4.74. The highest BCUT2D eigenvalue weighted by Gasteiger charge is 2.25. The van der Waals surface area contributed by atoms with Crippen LogP contribution >= 0.6 is 0 Å². The van der Waals surface area contributed by atoms with Gasteiger partial charge < -0.3 is 24.4 Å². The Hall–Kier alpha value is -2.77. The van der Waals surface area contributed by atoms with Crippen LogP contribution in [0, 0.1) is 11.8 Å². The van der Waals surface area contributed by atoms with Crippen molar-refractivity contribution < 1.29 is 19.0 Å². The highest BCUT2D eigenvalue weighted by atomic mass is 16.5. The number of methoxy groups -OCH3 is 3. The molecule has 8 nitrogen and oxygen atoms in total. The highest BCUT2D eigenvalue weighted by Crippen LogP contribution is 2.43. The first-order valence-corrected chi connectivity index (χ1v) is 9.96. The molecule has 29 heavy (non-hydrogen) atoms. The molecule has 0 radical (unpaired) electrons. The first kappa shape index (κ1) is 21.0. The van der Waals surface area contributed by atoms with Crippen molar-refractivity contribution >= 4 is 22.6 Å². The molecule has 1 fully saturated rings. The summed E-state index contributed by atoms with van der Waals surface area (Å²) in [6, 6.07) is 1.86. The van der Waals surface area contributed by atoms with E-state index in [1.165, 1.54) is 6.33 Å². The molecule has 0 spiro atoms. The van der Waals surface area contributed by atoms with Gasteiger partial charge in [-0.2, -0.15) is 0 Å². The summed E-state index contributed by atoms with van der Waals surface area (Å²) in [5.74, 6) is 3.11. The molecule has 1 amide bonds. The van der Waals surface area contributed by atoms with Gasteiger partial charge in [-0.15, -0.1) is 0 Å². The third-order valence-corrected chi connectivity index (χ3v) is 5.41. The van der Waals surface area contributed by atoms with E-state index in [0.29, 0.717) is 28.7 Å². The molecule has 0 aliphatic carbocycles. The lowest BCUT2D eigenvalue weighted by atomic mass is 9.96. The number of carbonyl (C=O) groups is 1. The van der Waals surface area contributed by atoms with Crippen LogP contribution < -0.4 is 19.5 Å². The Morgan fingerprint density at radius 1 is 1.14 bits per heavy atom. The molecule has 158 valence electrons. The van der Waals surface area contributed by atoms with Crippen LogP contribution in [0.4, 0.5) is 5.82 Å². The number of carbonyl (C=O) groups excluding carboxylic acids is 1. The van der Waals surface area contributed by atoms with E-state index >= 15 is 0 Å². The number of rotatable bonds is 7. The fourth-order valence-corrected chi connectivity index (χ4v) is 3.77. The summed E-state index contributed by atoms with van der Waals surface area (Å²) in [5, 5.41) is 4.27. The van der Waals surface area contributed by atoms with E-state index in [0.717, 1.165) is 43.7 Å². The molecule has 0 bridgehead atoms. The van der Waals surface area contributed by atoms with Gasteiger partial charge in [0.25, 0.3) is 0 Å². The number of aromatic nitrogens is 2. The number of hydrogen-bond donors (Lipinski definition) is 1. The van der Waals surface area contributed by atoms with E-state index in [1.807, 2.05) is 24.8 Å². The molecule has 0 saturated carbocycles. The molecular weight excluding hydrogens is 372 g/mol. The van der Waals surface area contributed by atoms with Crippen molar-refractivity contribution in [2.45, 2.75) is 26.7 Å². The molecule has 2 heterocycles. The van der Waals surface area contributed by atoms with Crippen molar-refractivity contribution in [1.29, 1.82) is 0 Å². The number of amides is 1. The molecule has 3 rings (SSSR count). The van der Waals surface area contributed by atoms with Crippen LogP contribution in [0.1, 0.15) is 26.7 Å². The van der Waals surface area contributed by atoms with E-state index in [-0.39, 0.29) is 11.8 Å². The fraction of sp³-hybridized carbons (Fsp3) is 0.571. The molecule has 1 aromatic heterocycles. The average Bonchev–Trinajstić information content (AvgIpc) is 2.75. The van der Waals surface area contributed by atoms with Crippen molar-refractivity contribution in [3.8, 4) is 17.2 Å². The molecule has 1 aliphatic rings. The monoisotopic (exact) mass is 402 g/mol. The van der Waals surface area contributed by atoms with Gasteiger partial charge >= 0.3 is 0 Å². The molecule has 1 saturated heterocycles. The lowest BCUT2D eigenvalue weighted by Gasteiger charge is -2.33. The number of ether oxygens (including phenoxy) is 3. The van der Waals surface area contributed by atoms with Crippen molar-refractivity contribution in [1.82, 2.24) is 14.9 Å². The van der Waals surface area contributed by atoms with Gasteiger partial charge in [-0.05, 0) is 24.8 Å². The number of nitrogens with zero attached hydrogens (tertiary/aromatic N) is 3. The third-order valence-electron chi connectivity index (χ3n) is 5.41. The Morgan fingerprint density at radius 3 is 2.41 bits per heavy atom. The molecule has 1 aromatic carbocycles. The summed E-state index contributed by atoms with van der Waals surface area (Å²) in [4.78, 5) is 22.9. The standard InChI is InChI=1S/C21H30N4O4/c1-13(2)21(26)25-8-6-14(7-9-25)11-22-20-15-10-16(27-3)18(28-4)19(29-5)17(15)23-12-24-20/h10,12-14H,6-9,11H2,1-5H3,(H,22,23,24). The highest BCUT2D eigenvalue weighted by molar-refractivity contribution is 5.96. The number of benzene rings is 1. The third kappa shape index (κ3) is 4.31. The zero-order chi connectivity index (χ0) is 21.0. The van der Waals surface area contributed by atoms with Crippen LogP contribution in [-0.2, 0) is 4.79 Å². The van der Waals surface area contributed by atoms with Crippen LogP contribution in [0.25, 0.3) is 10.9 Å². The lowest BCUT2D eigenvalue weighted by Crippen LogP contribution is -2.41. The van der Waals surface area contributed by atoms with Crippen LogP contribution in [-0.4, -0.2) is 61.7 Å². The van der Waals surface area contributed by atoms with Gasteiger partial charge in [0, 0.05) is 25.6 Å². The first-order valence-electron chi connectivity index (χ1n) is 9.96. The zero-order valence-corrected chi connectivity index (χ0v) is 17.8. The van der Waals surface area contributed by atoms with Crippen molar-refractivity contribution in [2.24, 2.45) is 11.8 Å². The Morgan fingerprint density at radius 2 is 1.83 bits per heavy atom.